The van der Waals surface area contributed by atoms with Gasteiger partial charge in [-0.25, -0.2) is 0 Å². The molecular weight excluding hydrogens is 566 g/mol. The first-order chi connectivity index (χ1) is 20.4. The monoisotopic (exact) mass is 609 g/mol. The number of nitrogens with zero attached hydrogens (tertiary/aromatic N) is 2. The van der Waals surface area contributed by atoms with E-state index in [9.17, 15) is 19.2 Å². The van der Waals surface area contributed by atoms with Crippen LogP contribution in [0.5, 0.6) is 0 Å². The zero-order valence-corrected chi connectivity index (χ0v) is 26.4. The summed E-state index contributed by atoms with van der Waals surface area (Å²) < 4.78 is 0. The summed E-state index contributed by atoms with van der Waals surface area (Å²) in [6.07, 6.45) is 1.62. The van der Waals surface area contributed by atoms with Crippen LogP contribution in [-0.4, -0.2) is 65.1 Å². The van der Waals surface area contributed by atoms with Gasteiger partial charge in [-0.3, -0.25) is 19.2 Å². The molecule has 1 saturated heterocycles. The van der Waals surface area contributed by atoms with Crippen molar-refractivity contribution in [2.24, 2.45) is 17.1 Å². The molecule has 1 unspecified atom stereocenters. The van der Waals surface area contributed by atoms with Gasteiger partial charge in [0.15, 0.2) is 0 Å². The summed E-state index contributed by atoms with van der Waals surface area (Å²) in [5.74, 6) is -0.690. The molecule has 232 valence electrons. The van der Waals surface area contributed by atoms with E-state index in [0.717, 1.165) is 23.1 Å². The second-order valence-electron chi connectivity index (χ2n) is 12.8. The molecule has 1 fully saturated rings. The molecule has 2 heterocycles. The van der Waals surface area contributed by atoms with Gasteiger partial charge < -0.3 is 26.2 Å². The van der Waals surface area contributed by atoms with Crippen molar-refractivity contribution in [3.8, 4) is 0 Å². The van der Waals surface area contributed by atoms with E-state index >= 15 is 0 Å². The van der Waals surface area contributed by atoms with Gasteiger partial charge in [0, 0.05) is 49.6 Å². The van der Waals surface area contributed by atoms with Crippen molar-refractivity contribution >= 4 is 40.9 Å². The van der Waals surface area contributed by atoms with Gasteiger partial charge in [0.05, 0.1) is 0 Å². The Bertz CT molecular complexity index is 1360. The van der Waals surface area contributed by atoms with Crippen molar-refractivity contribution in [1.82, 2.24) is 15.1 Å². The predicted octanol–water partition coefficient (Wildman–Crippen LogP) is 4.05. The highest BCUT2D eigenvalue weighted by Gasteiger charge is 2.37. The maximum Gasteiger partial charge on any atom is 0.246 e. The molecule has 4 N–H and O–H groups in total. The molecule has 0 aliphatic carbocycles. The first kappa shape index (κ1) is 32.5. The zero-order valence-electron chi connectivity index (χ0n) is 25.6. The lowest BCUT2D eigenvalue weighted by atomic mass is 9.80. The molecular formula is C33H44ClN5O4. The number of hydrogen-bond acceptors (Lipinski definition) is 5. The average Bonchev–Trinajstić information content (AvgIpc) is 3.48. The van der Waals surface area contributed by atoms with Crippen LogP contribution in [-0.2, 0) is 32.1 Å². The third kappa shape index (κ3) is 8.15. The van der Waals surface area contributed by atoms with Gasteiger partial charge in [-0.1, -0.05) is 56.6 Å². The van der Waals surface area contributed by atoms with Crippen LogP contribution < -0.4 is 16.4 Å². The lowest BCUT2D eigenvalue weighted by Crippen LogP contribution is -2.56. The molecule has 4 amide bonds. The molecule has 0 radical (unpaired) electrons. The van der Waals surface area contributed by atoms with Crippen molar-refractivity contribution in [3.63, 3.8) is 0 Å². The highest BCUT2D eigenvalue weighted by atomic mass is 35.5. The second-order valence-corrected chi connectivity index (χ2v) is 13.2. The number of nitrogens with two attached hydrogens (primary N) is 1. The predicted molar refractivity (Wildman–Crippen MR) is 168 cm³/mol. The van der Waals surface area contributed by atoms with Crippen molar-refractivity contribution < 1.29 is 19.2 Å². The molecule has 3 atom stereocenters. The highest BCUT2D eigenvalue weighted by molar-refractivity contribution is 6.31. The number of nitrogens with one attached hydrogen (secondary N) is 2. The molecule has 2 aromatic carbocycles. The topological polar surface area (TPSA) is 125 Å². The van der Waals surface area contributed by atoms with Crippen molar-refractivity contribution in [1.29, 1.82) is 0 Å². The van der Waals surface area contributed by atoms with E-state index in [1.807, 2.05) is 36.1 Å². The Morgan fingerprint density at radius 2 is 1.74 bits per heavy atom. The first-order valence-corrected chi connectivity index (χ1v) is 15.5. The van der Waals surface area contributed by atoms with E-state index in [2.05, 4.69) is 31.4 Å². The SMILES string of the molecule is Cc1cc(NC(=O)[C@H](CCN)NC(=O)[C@@H]2Cc3ccccc3CN2C(=O)CCC(=O)N2CCC(C(C)(C)C)C2)ccc1Cl. The molecule has 0 aromatic heterocycles. The largest absolute Gasteiger partial charge is 0.342 e. The molecule has 4 rings (SSSR count). The van der Waals surface area contributed by atoms with Crippen LogP contribution >= 0.6 is 11.6 Å². The average molecular weight is 610 g/mol. The summed E-state index contributed by atoms with van der Waals surface area (Å²) in [6, 6.07) is 11.2. The van der Waals surface area contributed by atoms with Gasteiger partial charge >= 0.3 is 0 Å². The Hall–Kier alpha value is -3.43. The minimum atomic E-state index is -0.893. The number of fused-ring (bicyclic) bond motifs is 1. The number of aryl methyl sites for hydroxylation is 1. The third-order valence-corrected chi connectivity index (χ3v) is 9.13. The molecule has 0 saturated carbocycles. The number of amides is 4. The van der Waals surface area contributed by atoms with E-state index < -0.39 is 23.9 Å². The van der Waals surface area contributed by atoms with Crippen LogP contribution in [0.4, 0.5) is 5.69 Å². The van der Waals surface area contributed by atoms with E-state index in [1.165, 1.54) is 0 Å². The summed E-state index contributed by atoms with van der Waals surface area (Å²) in [6.45, 7) is 10.3. The summed E-state index contributed by atoms with van der Waals surface area (Å²) in [4.78, 5) is 56.9. The van der Waals surface area contributed by atoms with E-state index in [1.54, 1.807) is 23.1 Å². The van der Waals surface area contributed by atoms with Crippen molar-refractivity contribution in [2.75, 3.05) is 25.0 Å². The smallest absolute Gasteiger partial charge is 0.246 e. The van der Waals surface area contributed by atoms with E-state index in [-0.39, 0.29) is 49.6 Å². The number of anilines is 1. The number of rotatable bonds is 9. The number of hydrogen-bond donors (Lipinski definition) is 3. The van der Waals surface area contributed by atoms with Crippen molar-refractivity contribution in [3.05, 3.63) is 64.2 Å². The van der Waals surface area contributed by atoms with Gasteiger partial charge in [0.2, 0.25) is 23.6 Å². The van der Waals surface area contributed by atoms with Gasteiger partial charge in [-0.15, -0.1) is 0 Å². The Morgan fingerprint density at radius 1 is 1.05 bits per heavy atom. The minimum Gasteiger partial charge on any atom is -0.342 e. The van der Waals surface area contributed by atoms with E-state index in [0.29, 0.717) is 36.1 Å². The number of halogens is 1. The molecule has 2 aliphatic rings. The van der Waals surface area contributed by atoms with Crippen LogP contribution in [0, 0.1) is 18.3 Å². The minimum absolute atomic E-state index is 0.0180. The Balaban J connectivity index is 1.44. The van der Waals surface area contributed by atoms with Crippen LogP contribution in [0.2, 0.25) is 5.02 Å². The maximum atomic E-state index is 13.7. The van der Waals surface area contributed by atoms with Crippen LogP contribution in [0.1, 0.15) is 63.1 Å². The lowest BCUT2D eigenvalue weighted by molar-refractivity contribution is -0.144. The van der Waals surface area contributed by atoms with Crippen LogP contribution in [0.3, 0.4) is 0 Å². The van der Waals surface area contributed by atoms with Crippen LogP contribution in [0.25, 0.3) is 0 Å². The summed E-state index contributed by atoms with van der Waals surface area (Å²) >= 11 is 6.11. The van der Waals surface area contributed by atoms with Gasteiger partial charge in [-0.05, 0) is 72.5 Å². The fraction of sp³-hybridized carbons (Fsp3) is 0.515. The summed E-state index contributed by atoms with van der Waals surface area (Å²) in [7, 11) is 0. The number of carbonyl (C=O) groups excluding carboxylic acids is 4. The fourth-order valence-corrected chi connectivity index (χ4v) is 6.00. The third-order valence-electron chi connectivity index (χ3n) is 8.70. The van der Waals surface area contributed by atoms with Gasteiger partial charge in [0.25, 0.3) is 0 Å². The Morgan fingerprint density at radius 3 is 2.40 bits per heavy atom. The molecule has 9 nitrogen and oxygen atoms in total. The van der Waals surface area contributed by atoms with Crippen molar-refractivity contribution in [2.45, 2.75) is 78.4 Å². The Labute approximate surface area is 259 Å². The number of carbonyl (C=O) groups is 4. The fourth-order valence-electron chi connectivity index (χ4n) is 5.88. The Kier molecular flexibility index (Phi) is 10.5. The van der Waals surface area contributed by atoms with Gasteiger partial charge in [0.1, 0.15) is 12.1 Å². The standard InChI is InChI=1S/C33H44ClN5O4/c1-21-17-25(9-10-26(21)34)36-31(42)27(13-15-35)37-32(43)28-18-22-7-5-6-8-23(22)19-39(28)30(41)12-11-29(40)38-16-14-24(20-38)33(2,3)4/h5-10,17,24,27-28H,11-16,18-20,35H2,1-4H3,(H,36,42)(H,37,43)/t24?,27-,28-/m0/s1. The molecule has 2 aromatic rings. The zero-order chi connectivity index (χ0) is 31.3. The molecule has 10 heteroatoms. The molecule has 0 bridgehead atoms. The maximum absolute atomic E-state index is 13.7. The van der Waals surface area contributed by atoms with E-state index in [4.69, 9.17) is 17.3 Å². The van der Waals surface area contributed by atoms with Crippen LogP contribution in [0.15, 0.2) is 42.5 Å². The number of likely N-dealkylation sites (tertiary alicyclic amines) is 1. The second kappa shape index (κ2) is 13.9. The highest BCUT2D eigenvalue weighted by Crippen LogP contribution is 2.34. The number of benzene rings is 2. The quantitative estimate of drug-likeness (QED) is 0.396. The normalized spacial score (nSPS) is 19.0. The molecule has 0 spiro atoms. The first-order valence-electron chi connectivity index (χ1n) is 15.1. The molecule has 2 aliphatic heterocycles. The lowest BCUT2D eigenvalue weighted by Gasteiger charge is -2.37. The summed E-state index contributed by atoms with van der Waals surface area (Å²) in [5.41, 5.74) is 9.24. The molecule has 43 heavy (non-hydrogen) atoms. The summed E-state index contributed by atoms with van der Waals surface area (Å²) in [5, 5.41) is 6.27. The van der Waals surface area contributed by atoms with Gasteiger partial charge in [-0.2, -0.15) is 0 Å².